The van der Waals surface area contributed by atoms with Gasteiger partial charge in [0, 0.05) is 4.47 Å². The molecule has 0 atom stereocenters. The van der Waals surface area contributed by atoms with E-state index in [2.05, 4.69) is 15.9 Å². The Bertz CT molecular complexity index is 644. The molecule has 1 aromatic rings. The predicted molar refractivity (Wildman–Crippen MR) is 84.3 cm³/mol. The van der Waals surface area contributed by atoms with Crippen LogP contribution in [-0.2, 0) is 4.74 Å². The number of halogens is 1. The Balaban J connectivity index is 1.70. The van der Waals surface area contributed by atoms with Gasteiger partial charge in [-0.2, -0.15) is 0 Å². The highest BCUT2D eigenvalue weighted by molar-refractivity contribution is 9.10. The van der Waals surface area contributed by atoms with Crippen molar-refractivity contribution >= 4 is 27.8 Å². The van der Waals surface area contributed by atoms with Gasteiger partial charge in [0.15, 0.2) is 11.4 Å². The largest absolute Gasteiger partial charge is 0.482 e. The Hall–Kier alpha value is -1.56. The number of rotatable bonds is 0. The Labute approximate surface area is 137 Å². The van der Waals surface area contributed by atoms with E-state index in [1.54, 1.807) is 17.0 Å². The lowest BCUT2D eigenvalue weighted by Crippen LogP contribution is -2.68. The molecule has 1 fully saturated rings. The SMILES string of the molecule is CC(C)(C)OC(=O)N1CC2(CC(=O)c3cc(Br)ccc3O2)C1. The number of amides is 1. The van der Waals surface area contributed by atoms with Gasteiger partial charge >= 0.3 is 6.09 Å². The van der Waals surface area contributed by atoms with Crippen LogP contribution in [0.15, 0.2) is 22.7 Å². The number of ketones is 1. The minimum absolute atomic E-state index is 0.0476. The number of fused-ring (bicyclic) bond motifs is 1. The van der Waals surface area contributed by atoms with E-state index in [1.807, 2.05) is 26.8 Å². The molecule has 5 nitrogen and oxygen atoms in total. The molecule has 1 amide bonds. The summed E-state index contributed by atoms with van der Waals surface area (Å²) in [6.45, 7) is 6.24. The van der Waals surface area contributed by atoms with Crippen LogP contribution in [0.3, 0.4) is 0 Å². The molecule has 1 saturated heterocycles. The van der Waals surface area contributed by atoms with Gasteiger partial charge in [0.1, 0.15) is 11.4 Å². The molecule has 0 radical (unpaired) electrons. The number of hydrogen-bond acceptors (Lipinski definition) is 4. The van der Waals surface area contributed by atoms with Gasteiger partial charge in [-0.3, -0.25) is 9.69 Å². The third-order valence-electron chi connectivity index (χ3n) is 3.66. The topological polar surface area (TPSA) is 55.8 Å². The monoisotopic (exact) mass is 367 g/mol. The molecule has 118 valence electrons. The van der Waals surface area contributed by atoms with Crippen LogP contribution >= 0.6 is 15.9 Å². The lowest BCUT2D eigenvalue weighted by molar-refractivity contribution is -0.0846. The molecular formula is C16H18BrNO4. The predicted octanol–water partition coefficient (Wildman–Crippen LogP) is 3.40. The number of benzene rings is 1. The maximum atomic E-state index is 12.3. The molecule has 0 unspecified atom stereocenters. The van der Waals surface area contributed by atoms with E-state index in [-0.39, 0.29) is 18.3 Å². The van der Waals surface area contributed by atoms with Crippen molar-refractivity contribution in [2.75, 3.05) is 13.1 Å². The summed E-state index contributed by atoms with van der Waals surface area (Å²) in [5, 5.41) is 0. The van der Waals surface area contributed by atoms with Crippen molar-refractivity contribution in [1.29, 1.82) is 0 Å². The van der Waals surface area contributed by atoms with Crippen LogP contribution in [0.5, 0.6) is 5.75 Å². The molecule has 1 spiro atoms. The highest BCUT2D eigenvalue weighted by Gasteiger charge is 2.52. The molecule has 0 bridgehead atoms. The third-order valence-corrected chi connectivity index (χ3v) is 4.15. The third kappa shape index (κ3) is 2.84. The van der Waals surface area contributed by atoms with Gasteiger partial charge in [-0.1, -0.05) is 15.9 Å². The van der Waals surface area contributed by atoms with Crippen molar-refractivity contribution in [1.82, 2.24) is 4.90 Å². The average molecular weight is 368 g/mol. The first-order valence-corrected chi connectivity index (χ1v) is 7.97. The lowest BCUT2D eigenvalue weighted by atomic mass is 9.84. The van der Waals surface area contributed by atoms with Crippen LogP contribution in [0.1, 0.15) is 37.6 Å². The lowest BCUT2D eigenvalue weighted by Gasteiger charge is -2.50. The second kappa shape index (κ2) is 4.98. The molecule has 22 heavy (non-hydrogen) atoms. The second-order valence-corrected chi connectivity index (χ2v) is 7.78. The number of hydrogen-bond donors (Lipinski definition) is 0. The van der Waals surface area contributed by atoms with Gasteiger partial charge in [0.2, 0.25) is 0 Å². The molecule has 2 aliphatic rings. The summed E-state index contributed by atoms with van der Waals surface area (Å²) in [7, 11) is 0. The molecule has 0 saturated carbocycles. The number of ether oxygens (including phenoxy) is 2. The zero-order chi connectivity index (χ0) is 16.1. The molecule has 1 aromatic carbocycles. The zero-order valence-corrected chi connectivity index (χ0v) is 14.4. The van der Waals surface area contributed by atoms with Crippen molar-refractivity contribution < 1.29 is 19.1 Å². The molecule has 0 aliphatic carbocycles. The fourth-order valence-electron chi connectivity index (χ4n) is 2.75. The number of Topliss-reactive ketones (excluding diaryl/α,β-unsaturated/α-hetero) is 1. The molecule has 0 aromatic heterocycles. The normalized spacial score (nSPS) is 19.3. The summed E-state index contributed by atoms with van der Waals surface area (Å²) in [5.41, 5.74) is -0.535. The van der Waals surface area contributed by atoms with Gasteiger partial charge in [0.05, 0.1) is 25.1 Å². The van der Waals surface area contributed by atoms with Gasteiger partial charge in [0.25, 0.3) is 0 Å². The molecule has 3 rings (SSSR count). The van der Waals surface area contributed by atoms with Crippen LogP contribution in [0.25, 0.3) is 0 Å². The van der Waals surface area contributed by atoms with Gasteiger partial charge in [-0.05, 0) is 39.0 Å². The standard InChI is InChI=1S/C16H18BrNO4/c1-15(2,3)22-14(20)18-8-16(9-18)7-12(19)11-6-10(17)4-5-13(11)21-16/h4-6H,7-9H2,1-3H3. The van der Waals surface area contributed by atoms with Gasteiger partial charge in [-0.25, -0.2) is 4.79 Å². The van der Waals surface area contributed by atoms with Crippen LogP contribution < -0.4 is 4.74 Å². The number of likely N-dealkylation sites (tertiary alicyclic amines) is 1. The quantitative estimate of drug-likeness (QED) is 0.704. The molecule has 6 heteroatoms. The van der Waals surface area contributed by atoms with E-state index in [0.29, 0.717) is 24.4 Å². The van der Waals surface area contributed by atoms with Gasteiger partial charge < -0.3 is 9.47 Å². The second-order valence-electron chi connectivity index (χ2n) is 6.86. The fourth-order valence-corrected chi connectivity index (χ4v) is 3.11. The van der Waals surface area contributed by atoms with Crippen molar-refractivity contribution in [3.8, 4) is 5.75 Å². The highest BCUT2D eigenvalue weighted by atomic mass is 79.9. The minimum Gasteiger partial charge on any atom is -0.482 e. The average Bonchev–Trinajstić information content (AvgIpc) is 2.34. The molecular weight excluding hydrogens is 350 g/mol. The minimum atomic E-state index is -0.602. The Morgan fingerprint density at radius 1 is 1.36 bits per heavy atom. The summed E-state index contributed by atoms with van der Waals surface area (Å²) in [6, 6.07) is 5.40. The van der Waals surface area contributed by atoms with Crippen LogP contribution in [0.4, 0.5) is 4.79 Å². The maximum Gasteiger partial charge on any atom is 0.410 e. The van der Waals surface area contributed by atoms with Crippen LogP contribution in [-0.4, -0.2) is 41.1 Å². The smallest absolute Gasteiger partial charge is 0.410 e. The van der Waals surface area contributed by atoms with Crippen molar-refractivity contribution in [2.24, 2.45) is 0 Å². The Morgan fingerprint density at radius 2 is 2.05 bits per heavy atom. The Morgan fingerprint density at radius 3 is 2.68 bits per heavy atom. The summed E-state index contributed by atoms with van der Waals surface area (Å²) >= 11 is 3.36. The summed E-state index contributed by atoms with van der Waals surface area (Å²) in [6.07, 6.45) is -0.0776. The Kier molecular flexibility index (Phi) is 3.47. The summed E-state index contributed by atoms with van der Waals surface area (Å²) in [4.78, 5) is 25.9. The number of carbonyl (C=O) groups is 2. The first-order valence-electron chi connectivity index (χ1n) is 7.17. The van der Waals surface area contributed by atoms with E-state index in [1.165, 1.54) is 0 Å². The fraction of sp³-hybridized carbons (Fsp3) is 0.500. The summed E-state index contributed by atoms with van der Waals surface area (Å²) in [5.74, 6) is 0.634. The van der Waals surface area contributed by atoms with Crippen molar-refractivity contribution in [3.05, 3.63) is 28.2 Å². The van der Waals surface area contributed by atoms with E-state index in [0.717, 1.165) is 4.47 Å². The van der Waals surface area contributed by atoms with E-state index in [4.69, 9.17) is 9.47 Å². The molecule has 2 aliphatic heterocycles. The first-order chi connectivity index (χ1) is 10.2. The highest BCUT2D eigenvalue weighted by Crippen LogP contribution is 2.40. The van der Waals surface area contributed by atoms with Crippen molar-refractivity contribution in [3.63, 3.8) is 0 Å². The zero-order valence-electron chi connectivity index (χ0n) is 12.8. The number of nitrogens with zero attached hydrogens (tertiary/aromatic N) is 1. The van der Waals surface area contributed by atoms with Crippen LogP contribution in [0.2, 0.25) is 0 Å². The van der Waals surface area contributed by atoms with E-state index in [9.17, 15) is 9.59 Å². The van der Waals surface area contributed by atoms with E-state index >= 15 is 0 Å². The molecule has 0 N–H and O–H groups in total. The molecule has 2 heterocycles. The number of carbonyl (C=O) groups excluding carboxylic acids is 2. The maximum absolute atomic E-state index is 12.3. The first kappa shape index (κ1) is 15.3. The summed E-state index contributed by atoms with van der Waals surface area (Å²) < 4.78 is 12.2. The van der Waals surface area contributed by atoms with Gasteiger partial charge in [-0.15, -0.1) is 0 Å². The van der Waals surface area contributed by atoms with Crippen LogP contribution in [0, 0.1) is 0 Å². The van der Waals surface area contributed by atoms with E-state index < -0.39 is 11.2 Å². The van der Waals surface area contributed by atoms with Crippen molar-refractivity contribution in [2.45, 2.75) is 38.4 Å².